The molecule has 0 aliphatic heterocycles. The number of carboxylic acids is 1. The largest absolute Gasteiger partial charge is 0.481 e. The number of rotatable bonds is 5. The van der Waals surface area contributed by atoms with Crippen LogP contribution in [0, 0.1) is 0 Å². The van der Waals surface area contributed by atoms with Gasteiger partial charge in [-0.05, 0) is 12.5 Å². The summed E-state index contributed by atoms with van der Waals surface area (Å²) in [4.78, 5) is 21.9. The van der Waals surface area contributed by atoms with E-state index in [4.69, 9.17) is 5.11 Å². The third kappa shape index (κ3) is 3.73. The van der Waals surface area contributed by atoms with Crippen molar-refractivity contribution in [1.29, 1.82) is 0 Å². The normalized spacial score (nSPS) is 11.8. The highest BCUT2D eigenvalue weighted by molar-refractivity contribution is 5.83. The Bertz CT molecular complexity index is 362. The van der Waals surface area contributed by atoms with E-state index < -0.39 is 5.97 Å². The number of nitrogens with one attached hydrogen (secondary N) is 1. The molecule has 0 fully saturated rings. The number of hydrogen-bond acceptors (Lipinski definition) is 2. The molecule has 0 saturated heterocycles. The molecule has 4 heteroatoms. The molecule has 0 bridgehead atoms. The summed E-state index contributed by atoms with van der Waals surface area (Å²) < 4.78 is 0. The van der Waals surface area contributed by atoms with Crippen LogP contribution in [0.15, 0.2) is 30.3 Å². The maximum Gasteiger partial charge on any atom is 0.305 e. The summed E-state index contributed by atoms with van der Waals surface area (Å²) in [7, 11) is 0. The van der Waals surface area contributed by atoms with Crippen LogP contribution in [0.4, 0.5) is 0 Å². The number of amides is 1. The molecular formula is C12H15NO3. The maximum absolute atomic E-state index is 11.6. The predicted molar refractivity (Wildman–Crippen MR) is 60.1 cm³/mol. The average molecular weight is 221 g/mol. The van der Waals surface area contributed by atoms with E-state index in [1.54, 1.807) is 6.92 Å². The van der Waals surface area contributed by atoms with E-state index in [-0.39, 0.29) is 24.8 Å². The molecule has 1 aromatic rings. The van der Waals surface area contributed by atoms with E-state index in [2.05, 4.69) is 5.32 Å². The van der Waals surface area contributed by atoms with Gasteiger partial charge in [0.05, 0.1) is 12.3 Å². The smallest absolute Gasteiger partial charge is 0.305 e. The molecule has 2 N–H and O–H groups in total. The number of aliphatic carboxylic acids is 1. The van der Waals surface area contributed by atoms with Gasteiger partial charge in [0.25, 0.3) is 0 Å². The highest BCUT2D eigenvalue weighted by Crippen LogP contribution is 2.13. The Hall–Kier alpha value is -1.84. The van der Waals surface area contributed by atoms with Crippen molar-refractivity contribution in [2.45, 2.75) is 19.3 Å². The van der Waals surface area contributed by atoms with Crippen molar-refractivity contribution in [3.8, 4) is 0 Å². The molecule has 1 unspecified atom stereocenters. The lowest BCUT2D eigenvalue weighted by atomic mass is 10.0. The van der Waals surface area contributed by atoms with Crippen LogP contribution in [0.3, 0.4) is 0 Å². The van der Waals surface area contributed by atoms with Gasteiger partial charge in [0, 0.05) is 6.54 Å². The van der Waals surface area contributed by atoms with Crippen LogP contribution in [0.1, 0.15) is 24.8 Å². The van der Waals surface area contributed by atoms with Crippen LogP contribution in [-0.2, 0) is 9.59 Å². The first kappa shape index (κ1) is 12.2. The first-order chi connectivity index (χ1) is 7.61. The Morgan fingerprint density at radius 2 is 1.94 bits per heavy atom. The van der Waals surface area contributed by atoms with Gasteiger partial charge >= 0.3 is 5.97 Å². The van der Waals surface area contributed by atoms with Crippen molar-refractivity contribution in [3.63, 3.8) is 0 Å². The lowest BCUT2D eigenvalue weighted by molar-refractivity contribution is -0.136. The first-order valence-corrected chi connectivity index (χ1v) is 5.15. The lowest BCUT2D eigenvalue weighted by Crippen LogP contribution is -2.29. The van der Waals surface area contributed by atoms with Crippen LogP contribution in [0.5, 0.6) is 0 Å². The Kier molecular flexibility index (Phi) is 4.51. The predicted octanol–water partition coefficient (Wildman–Crippen LogP) is 1.38. The van der Waals surface area contributed by atoms with Gasteiger partial charge < -0.3 is 10.4 Å². The van der Waals surface area contributed by atoms with Crippen molar-refractivity contribution in [1.82, 2.24) is 5.32 Å². The van der Waals surface area contributed by atoms with E-state index in [0.29, 0.717) is 0 Å². The molecule has 1 aromatic carbocycles. The molecule has 4 nitrogen and oxygen atoms in total. The van der Waals surface area contributed by atoms with Gasteiger partial charge in [-0.3, -0.25) is 9.59 Å². The van der Waals surface area contributed by atoms with Gasteiger partial charge in [-0.15, -0.1) is 0 Å². The van der Waals surface area contributed by atoms with E-state index in [9.17, 15) is 9.59 Å². The number of carbonyl (C=O) groups is 2. The van der Waals surface area contributed by atoms with Crippen LogP contribution >= 0.6 is 0 Å². The van der Waals surface area contributed by atoms with Gasteiger partial charge in [0.2, 0.25) is 5.91 Å². The van der Waals surface area contributed by atoms with Crippen LogP contribution in [0.25, 0.3) is 0 Å². The Morgan fingerprint density at radius 3 is 2.50 bits per heavy atom. The van der Waals surface area contributed by atoms with Gasteiger partial charge in [0.1, 0.15) is 0 Å². The molecular weight excluding hydrogens is 206 g/mol. The van der Waals surface area contributed by atoms with Crippen LogP contribution in [0.2, 0.25) is 0 Å². The minimum atomic E-state index is -0.910. The zero-order chi connectivity index (χ0) is 12.0. The molecule has 0 aliphatic carbocycles. The molecule has 1 rings (SSSR count). The Morgan fingerprint density at radius 1 is 1.31 bits per heavy atom. The van der Waals surface area contributed by atoms with Crippen molar-refractivity contribution < 1.29 is 14.7 Å². The monoisotopic (exact) mass is 221 g/mol. The molecule has 1 amide bonds. The number of carboxylic acid groups (broad SMARTS) is 1. The second kappa shape index (κ2) is 5.90. The fraction of sp³-hybridized carbons (Fsp3) is 0.333. The molecule has 0 aliphatic rings. The quantitative estimate of drug-likeness (QED) is 0.789. The second-order valence-electron chi connectivity index (χ2n) is 3.57. The summed E-state index contributed by atoms with van der Waals surface area (Å²) in [5, 5.41) is 11.0. The van der Waals surface area contributed by atoms with Crippen LogP contribution in [-0.4, -0.2) is 23.5 Å². The van der Waals surface area contributed by atoms with Gasteiger partial charge in [-0.1, -0.05) is 30.3 Å². The van der Waals surface area contributed by atoms with Crippen molar-refractivity contribution >= 4 is 11.9 Å². The van der Waals surface area contributed by atoms with Crippen molar-refractivity contribution in [3.05, 3.63) is 35.9 Å². The molecule has 0 saturated carbocycles. The van der Waals surface area contributed by atoms with E-state index >= 15 is 0 Å². The standard InChI is InChI=1S/C12H15NO3/c1-9(10-5-3-2-4-6-10)12(16)13-8-7-11(14)15/h2-6,9H,7-8H2,1H3,(H,13,16)(H,14,15). The minimum Gasteiger partial charge on any atom is -0.481 e. The molecule has 86 valence electrons. The van der Waals surface area contributed by atoms with Crippen molar-refractivity contribution in [2.75, 3.05) is 6.54 Å². The maximum atomic E-state index is 11.6. The van der Waals surface area contributed by atoms with Crippen LogP contribution < -0.4 is 5.32 Å². The third-order valence-electron chi connectivity index (χ3n) is 2.33. The number of hydrogen-bond donors (Lipinski definition) is 2. The minimum absolute atomic E-state index is 0.0484. The molecule has 16 heavy (non-hydrogen) atoms. The van der Waals surface area contributed by atoms with E-state index in [1.165, 1.54) is 0 Å². The van der Waals surface area contributed by atoms with E-state index in [1.807, 2.05) is 30.3 Å². The topological polar surface area (TPSA) is 66.4 Å². The summed E-state index contributed by atoms with van der Waals surface area (Å²) in [5.41, 5.74) is 0.926. The Balaban J connectivity index is 2.45. The average Bonchev–Trinajstić information content (AvgIpc) is 2.28. The molecule has 0 heterocycles. The fourth-order valence-electron chi connectivity index (χ4n) is 1.34. The summed E-state index contributed by atoms with van der Waals surface area (Å²) in [6.45, 7) is 1.97. The fourth-order valence-corrected chi connectivity index (χ4v) is 1.34. The van der Waals surface area contributed by atoms with E-state index in [0.717, 1.165) is 5.56 Å². The van der Waals surface area contributed by atoms with Gasteiger partial charge in [0.15, 0.2) is 0 Å². The third-order valence-corrected chi connectivity index (χ3v) is 2.33. The summed E-state index contributed by atoms with van der Waals surface area (Å²) in [6.07, 6.45) is -0.0484. The zero-order valence-electron chi connectivity index (χ0n) is 9.14. The van der Waals surface area contributed by atoms with Gasteiger partial charge in [-0.2, -0.15) is 0 Å². The molecule has 0 aromatic heterocycles. The second-order valence-corrected chi connectivity index (χ2v) is 3.57. The summed E-state index contributed by atoms with van der Waals surface area (Å²) in [6, 6.07) is 9.38. The number of carbonyl (C=O) groups excluding carboxylic acids is 1. The highest BCUT2D eigenvalue weighted by Gasteiger charge is 2.14. The van der Waals surface area contributed by atoms with Gasteiger partial charge in [-0.25, -0.2) is 0 Å². The molecule has 0 spiro atoms. The highest BCUT2D eigenvalue weighted by atomic mass is 16.4. The number of benzene rings is 1. The Labute approximate surface area is 94.3 Å². The van der Waals surface area contributed by atoms with Crippen molar-refractivity contribution in [2.24, 2.45) is 0 Å². The molecule has 0 radical (unpaired) electrons. The zero-order valence-corrected chi connectivity index (χ0v) is 9.14. The lowest BCUT2D eigenvalue weighted by Gasteiger charge is -2.11. The SMILES string of the molecule is CC(C(=O)NCCC(=O)O)c1ccccc1. The summed E-state index contributed by atoms with van der Waals surface area (Å²) in [5.74, 6) is -1.31. The first-order valence-electron chi connectivity index (χ1n) is 5.15. The summed E-state index contributed by atoms with van der Waals surface area (Å²) >= 11 is 0. The molecule has 1 atom stereocenters.